The Balaban J connectivity index is 1.88. The van der Waals surface area contributed by atoms with Crippen molar-refractivity contribution >= 4 is 0 Å². The van der Waals surface area contributed by atoms with Crippen molar-refractivity contribution in [1.29, 1.82) is 0 Å². The Bertz CT molecular complexity index is 416. The van der Waals surface area contributed by atoms with E-state index < -0.39 is 0 Å². The van der Waals surface area contributed by atoms with Crippen molar-refractivity contribution in [3.8, 4) is 0 Å². The van der Waals surface area contributed by atoms with Crippen LogP contribution in [-0.2, 0) is 12.0 Å². The Morgan fingerprint density at radius 1 is 1.20 bits per heavy atom. The van der Waals surface area contributed by atoms with E-state index in [-0.39, 0.29) is 5.41 Å². The average molecular weight is 280 g/mol. The molecule has 1 aliphatic carbocycles. The Morgan fingerprint density at radius 3 is 2.35 bits per heavy atom. The van der Waals surface area contributed by atoms with Gasteiger partial charge in [0.25, 0.3) is 0 Å². The summed E-state index contributed by atoms with van der Waals surface area (Å²) in [6.45, 7) is 7.02. The van der Waals surface area contributed by atoms with Crippen LogP contribution in [0, 0.1) is 0 Å². The van der Waals surface area contributed by atoms with Crippen LogP contribution in [0.4, 0.5) is 0 Å². The minimum absolute atomic E-state index is 0.0747. The molecular formula is C15H28N4O. The summed E-state index contributed by atoms with van der Waals surface area (Å²) in [7, 11) is 4.21. The highest BCUT2D eigenvalue weighted by molar-refractivity contribution is 4.96. The summed E-state index contributed by atoms with van der Waals surface area (Å²) in [5.74, 6) is 1.45. The first kappa shape index (κ1) is 15.4. The molecule has 1 N–H and O–H groups in total. The topological polar surface area (TPSA) is 54.2 Å². The zero-order valence-electron chi connectivity index (χ0n) is 13.4. The van der Waals surface area contributed by atoms with E-state index in [0.29, 0.717) is 12.1 Å². The summed E-state index contributed by atoms with van der Waals surface area (Å²) in [4.78, 5) is 2.35. The van der Waals surface area contributed by atoms with E-state index in [2.05, 4.69) is 55.3 Å². The number of hydrogen-bond acceptors (Lipinski definition) is 5. The second kappa shape index (κ2) is 6.22. The molecule has 1 aromatic rings. The maximum Gasteiger partial charge on any atom is 0.230 e. The minimum Gasteiger partial charge on any atom is -0.423 e. The largest absolute Gasteiger partial charge is 0.423 e. The van der Waals surface area contributed by atoms with E-state index >= 15 is 0 Å². The highest BCUT2D eigenvalue weighted by atomic mass is 16.4. The normalized spacial score (nSPS) is 24.3. The van der Waals surface area contributed by atoms with Gasteiger partial charge < -0.3 is 9.73 Å². The van der Waals surface area contributed by atoms with Crippen LogP contribution >= 0.6 is 0 Å². The fourth-order valence-corrected chi connectivity index (χ4v) is 2.77. The van der Waals surface area contributed by atoms with E-state index in [1.54, 1.807) is 0 Å². The summed E-state index contributed by atoms with van der Waals surface area (Å²) in [5.41, 5.74) is -0.0747. The molecule has 1 fully saturated rings. The van der Waals surface area contributed by atoms with Crippen LogP contribution < -0.4 is 5.32 Å². The second-order valence-electron chi connectivity index (χ2n) is 6.96. The van der Waals surface area contributed by atoms with E-state index in [9.17, 15) is 0 Å². The minimum atomic E-state index is -0.0747. The van der Waals surface area contributed by atoms with Gasteiger partial charge in [-0.15, -0.1) is 10.2 Å². The second-order valence-corrected chi connectivity index (χ2v) is 6.96. The number of hydrogen-bond donors (Lipinski definition) is 1. The molecular weight excluding hydrogens is 252 g/mol. The molecule has 1 aromatic heterocycles. The van der Waals surface area contributed by atoms with Crippen molar-refractivity contribution in [1.82, 2.24) is 20.4 Å². The van der Waals surface area contributed by atoms with Crippen LogP contribution in [0.5, 0.6) is 0 Å². The third kappa shape index (κ3) is 3.79. The van der Waals surface area contributed by atoms with Crippen LogP contribution in [0.25, 0.3) is 0 Å². The van der Waals surface area contributed by atoms with Crippen LogP contribution in [0.1, 0.15) is 58.2 Å². The third-order valence-electron chi connectivity index (χ3n) is 4.22. The van der Waals surface area contributed by atoms with Gasteiger partial charge in [-0.25, -0.2) is 0 Å². The zero-order valence-corrected chi connectivity index (χ0v) is 13.4. The highest BCUT2D eigenvalue weighted by Crippen LogP contribution is 2.24. The molecule has 0 unspecified atom stereocenters. The first-order valence-corrected chi connectivity index (χ1v) is 7.60. The lowest BCUT2D eigenvalue weighted by atomic mass is 9.90. The smallest absolute Gasteiger partial charge is 0.230 e. The van der Waals surface area contributed by atoms with Gasteiger partial charge in [-0.3, -0.25) is 4.90 Å². The zero-order chi connectivity index (χ0) is 14.8. The molecule has 0 spiro atoms. The fraction of sp³-hybridized carbons (Fsp3) is 0.867. The van der Waals surface area contributed by atoms with Crippen LogP contribution in [0.15, 0.2) is 4.42 Å². The van der Waals surface area contributed by atoms with E-state index in [1.807, 2.05) is 0 Å². The SMILES string of the molecule is CNC1CCC(N(C)Cc2nnc(C(C)(C)C)o2)CC1. The molecule has 0 amide bonds. The van der Waals surface area contributed by atoms with Crippen molar-refractivity contribution < 1.29 is 4.42 Å². The van der Waals surface area contributed by atoms with Crippen molar-refractivity contribution in [2.75, 3.05) is 14.1 Å². The fourth-order valence-electron chi connectivity index (χ4n) is 2.77. The maximum absolute atomic E-state index is 5.78. The van der Waals surface area contributed by atoms with Gasteiger partial charge in [0.2, 0.25) is 11.8 Å². The van der Waals surface area contributed by atoms with Gasteiger partial charge in [0, 0.05) is 17.5 Å². The molecule has 0 saturated heterocycles. The number of nitrogens with one attached hydrogen (secondary N) is 1. The molecule has 0 bridgehead atoms. The van der Waals surface area contributed by atoms with Crippen molar-refractivity contribution in [3.05, 3.63) is 11.8 Å². The number of rotatable bonds is 4. The average Bonchev–Trinajstić information content (AvgIpc) is 2.87. The van der Waals surface area contributed by atoms with Crippen molar-refractivity contribution in [2.24, 2.45) is 0 Å². The lowest BCUT2D eigenvalue weighted by Gasteiger charge is -2.33. The van der Waals surface area contributed by atoms with Gasteiger partial charge in [-0.05, 0) is 39.8 Å². The van der Waals surface area contributed by atoms with Crippen LogP contribution in [0.3, 0.4) is 0 Å². The molecule has 0 radical (unpaired) electrons. The van der Waals surface area contributed by atoms with Crippen molar-refractivity contribution in [2.45, 2.75) is 70.5 Å². The van der Waals surface area contributed by atoms with Gasteiger partial charge in [0.05, 0.1) is 6.54 Å². The summed E-state index contributed by atoms with van der Waals surface area (Å²) in [6.07, 6.45) is 4.98. The number of nitrogens with zero attached hydrogens (tertiary/aromatic N) is 3. The summed E-state index contributed by atoms with van der Waals surface area (Å²) >= 11 is 0. The van der Waals surface area contributed by atoms with Crippen LogP contribution in [0.2, 0.25) is 0 Å². The summed E-state index contributed by atoms with van der Waals surface area (Å²) in [6, 6.07) is 1.32. The Kier molecular flexibility index (Phi) is 4.81. The highest BCUT2D eigenvalue weighted by Gasteiger charge is 2.25. The van der Waals surface area contributed by atoms with Gasteiger partial charge in [0.1, 0.15) is 0 Å². The number of aromatic nitrogens is 2. The third-order valence-corrected chi connectivity index (χ3v) is 4.22. The van der Waals surface area contributed by atoms with Gasteiger partial charge >= 0.3 is 0 Å². The Hall–Kier alpha value is -0.940. The molecule has 114 valence electrons. The molecule has 5 nitrogen and oxygen atoms in total. The molecule has 1 aliphatic rings. The molecule has 0 atom stereocenters. The lowest BCUT2D eigenvalue weighted by Crippen LogP contribution is -2.39. The predicted octanol–water partition coefficient (Wildman–Crippen LogP) is 2.33. The molecule has 5 heteroatoms. The van der Waals surface area contributed by atoms with Crippen LogP contribution in [-0.4, -0.2) is 41.3 Å². The van der Waals surface area contributed by atoms with Gasteiger partial charge in [-0.2, -0.15) is 0 Å². The Labute approximate surface area is 122 Å². The molecule has 1 heterocycles. The molecule has 0 aliphatic heterocycles. The monoisotopic (exact) mass is 280 g/mol. The quantitative estimate of drug-likeness (QED) is 0.917. The summed E-state index contributed by atoms with van der Waals surface area (Å²) in [5, 5.41) is 11.7. The van der Waals surface area contributed by atoms with Gasteiger partial charge in [0.15, 0.2) is 0 Å². The van der Waals surface area contributed by atoms with E-state index in [0.717, 1.165) is 18.3 Å². The standard InChI is InChI=1S/C15H28N4O/c1-15(2,3)14-18-17-13(20-14)10-19(5)12-8-6-11(16-4)7-9-12/h11-12,16H,6-10H2,1-5H3. The first-order chi connectivity index (χ1) is 9.40. The van der Waals surface area contributed by atoms with E-state index in [4.69, 9.17) is 4.42 Å². The van der Waals surface area contributed by atoms with Crippen molar-refractivity contribution in [3.63, 3.8) is 0 Å². The first-order valence-electron chi connectivity index (χ1n) is 7.60. The molecule has 20 heavy (non-hydrogen) atoms. The molecule has 1 saturated carbocycles. The van der Waals surface area contributed by atoms with E-state index in [1.165, 1.54) is 25.7 Å². The van der Waals surface area contributed by atoms with Gasteiger partial charge in [-0.1, -0.05) is 20.8 Å². The molecule has 2 rings (SSSR count). The summed E-state index contributed by atoms with van der Waals surface area (Å²) < 4.78 is 5.78. The lowest BCUT2D eigenvalue weighted by molar-refractivity contribution is 0.156. The molecule has 0 aromatic carbocycles. The maximum atomic E-state index is 5.78. The predicted molar refractivity (Wildman–Crippen MR) is 79.6 cm³/mol. The Morgan fingerprint density at radius 2 is 1.85 bits per heavy atom.